The van der Waals surface area contributed by atoms with Crippen LogP contribution in [-0.2, 0) is 4.79 Å². The second kappa shape index (κ2) is 6.78. The maximum Gasteiger partial charge on any atom is 0.251 e. The van der Waals surface area contributed by atoms with Crippen molar-refractivity contribution in [1.29, 1.82) is 0 Å². The number of amides is 1. The molecule has 2 fully saturated rings. The molecule has 0 N–H and O–H groups in total. The van der Waals surface area contributed by atoms with Gasteiger partial charge in [-0.3, -0.25) is 4.79 Å². The van der Waals surface area contributed by atoms with Crippen LogP contribution in [0.2, 0.25) is 0 Å². The molecule has 0 aliphatic carbocycles. The minimum Gasteiger partial charge on any atom is -0.480 e. The van der Waals surface area contributed by atoms with E-state index in [1.807, 2.05) is 4.90 Å². The number of carbonyl (C=O) groups is 1. The Morgan fingerprint density at radius 1 is 1.38 bits per heavy atom. The highest BCUT2D eigenvalue weighted by atomic mass is 79.9. The highest BCUT2D eigenvalue weighted by Gasteiger charge is 2.39. The molecule has 2 saturated heterocycles. The lowest BCUT2D eigenvalue weighted by atomic mass is 10.0. The van der Waals surface area contributed by atoms with Gasteiger partial charge in [0.05, 0.1) is 23.7 Å². The smallest absolute Gasteiger partial charge is 0.251 e. The van der Waals surface area contributed by atoms with Crippen molar-refractivity contribution < 1.29 is 18.3 Å². The fraction of sp³-hybridized carbons (Fsp3) is 0.667. The molecule has 0 aromatic carbocycles. The quantitative estimate of drug-likeness (QED) is 0.773. The molecule has 3 rings (SSSR count). The molecule has 132 valence electrons. The summed E-state index contributed by atoms with van der Waals surface area (Å²) in [6, 6.07) is 0. The number of halogens is 3. The third-order valence-corrected chi connectivity index (χ3v) is 5.06. The first-order valence-corrected chi connectivity index (χ1v) is 8.67. The van der Waals surface area contributed by atoms with Crippen LogP contribution in [-0.4, -0.2) is 60.0 Å². The molecular formula is C15H19BrF2N4O2. The van der Waals surface area contributed by atoms with Crippen LogP contribution in [0.1, 0.15) is 19.3 Å². The second-order valence-corrected chi connectivity index (χ2v) is 6.99. The normalized spacial score (nSPS) is 23.4. The molecule has 2 aliphatic heterocycles. The largest absolute Gasteiger partial charge is 0.480 e. The molecule has 3 heterocycles. The lowest BCUT2D eigenvalue weighted by molar-refractivity contribution is -0.140. The Morgan fingerprint density at radius 3 is 2.75 bits per heavy atom. The Kier molecular flexibility index (Phi) is 4.89. The van der Waals surface area contributed by atoms with E-state index in [1.165, 1.54) is 7.11 Å². The van der Waals surface area contributed by atoms with Gasteiger partial charge in [0, 0.05) is 39.0 Å². The Morgan fingerprint density at radius 2 is 2.08 bits per heavy atom. The number of piperidine rings is 1. The maximum atomic E-state index is 13.2. The topological polar surface area (TPSA) is 58.6 Å². The maximum absolute atomic E-state index is 13.2. The lowest BCUT2D eigenvalue weighted by Crippen LogP contribution is -2.45. The van der Waals surface area contributed by atoms with Gasteiger partial charge >= 0.3 is 0 Å². The first-order chi connectivity index (χ1) is 11.4. The predicted molar refractivity (Wildman–Crippen MR) is 87.4 cm³/mol. The molecule has 6 nitrogen and oxygen atoms in total. The van der Waals surface area contributed by atoms with Gasteiger partial charge in [0.1, 0.15) is 0 Å². The van der Waals surface area contributed by atoms with Crippen LogP contribution in [0.3, 0.4) is 0 Å². The molecule has 1 aromatic heterocycles. The van der Waals surface area contributed by atoms with Crippen LogP contribution < -0.4 is 9.64 Å². The van der Waals surface area contributed by atoms with Crippen LogP contribution in [0.4, 0.5) is 14.7 Å². The van der Waals surface area contributed by atoms with E-state index in [1.54, 1.807) is 11.1 Å². The number of likely N-dealkylation sites (tertiary alicyclic amines) is 1. The van der Waals surface area contributed by atoms with Crippen molar-refractivity contribution in [2.75, 3.05) is 38.2 Å². The monoisotopic (exact) mass is 404 g/mol. The number of hydrogen-bond acceptors (Lipinski definition) is 5. The zero-order chi connectivity index (χ0) is 17.3. The molecule has 0 spiro atoms. The van der Waals surface area contributed by atoms with E-state index in [0.717, 1.165) is 0 Å². The van der Waals surface area contributed by atoms with Crippen LogP contribution >= 0.6 is 15.9 Å². The number of alkyl halides is 2. The van der Waals surface area contributed by atoms with Gasteiger partial charge in [-0.15, -0.1) is 0 Å². The van der Waals surface area contributed by atoms with Crippen molar-refractivity contribution in [2.45, 2.75) is 25.2 Å². The van der Waals surface area contributed by atoms with Gasteiger partial charge in [0.25, 0.3) is 5.92 Å². The van der Waals surface area contributed by atoms with Crippen molar-refractivity contribution >= 4 is 27.8 Å². The highest BCUT2D eigenvalue weighted by molar-refractivity contribution is 9.10. The summed E-state index contributed by atoms with van der Waals surface area (Å²) in [5.41, 5.74) is 0. The van der Waals surface area contributed by atoms with Crippen LogP contribution in [0.5, 0.6) is 5.88 Å². The molecule has 0 saturated carbocycles. The first-order valence-electron chi connectivity index (χ1n) is 7.88. The van der Waals surface area contributed by atoms with E-state index in [2.05, 4.69) is 25.9 Å². The number of ether oxygens (including phenoxy) is 1. The molecule has 1 aromatic rings. The summed E-state index contributed by atoms with van der Waals surface area (Å²) in [6.45, 7) is 1.41. The number of anilines is 1. The number of nitrogens with zero attached hydrogens (tertiary/aromatic N) is 4. The highest BCUT2D eigenvalue weighted by Crippen LogP contribution is 2.31. The van der Waals surface area contributed by atoms with Crippen LogP contribution in [0.25, 0.3) is 0 Å². The summed E-state index contributed by atoms with van der Waals surface area (Å²) in [4.78, 5) is 24.6. The van der Waals surface area contributed by atoms with Gasteiger partial charge < -0.3 is 14.5 Å². The van der Waals surface area contributed by atoms with Gasteiger partial charge in [-0.1, -0.05) is 0 Å². The van der Waals surface area contributed by atoms with E-state index in [-0.39, 0.29) is 37.8 Å². The summed E-state index contributed by atoms with van der Waals surface area (Å²) in [6.07, 6.45) is 1.79. The minimum absolute atomic E-state index is 0.0444. The molecule has 1 unspecified atom stereocenters. The fourth-order valence-corrected chi connectivity index (χ4v) is 3.45. The third-order valence-electron chi connectivity index (χ3n) is 4.52. The molecule has 1 amide bonds. The van der Waals surface area contributed by atoms with Crippen molar-refractivity contribution in [3.8, 4) is 5.88 Å². The van der Waals surface area contributed by atoms with Crippen LogP contribution in [0, 0.1) is 5.92 Å². The van der Waals surface area contributed by atoms with E-state index >= 15 is 0 Å². The number of hydrogen-bond donors (Lipinski definition) is 0. The standard InChI is InChI=1S/C15H19BrF2N4O2/c1-24-12-11(16)8-19-14(20-12)22-5-2-10(9-22)13(23)21-6-3-15(17,18)4-7-21/h8,10H,2-7,9H2,1H3. The first kappa shape index (κ1) is 17.3. The SMILES string of the molecule is COc1nc(N2CCC(C(=O)N3CCC(F)(F)CC3)C2)ncc1Br. The lowest BCUT2D eigenvalue weighted by Gasteiger charge is -2.33. The Labute approximate surface area is 147 Å². The Balaban J connectivity index is 1.62. The summed E-state index contributed by atoms with van der Waals surface area (Å²) in [7, 11) is 1.53. The van der Waals surface area contributed by atoms with Crippen molar-refractivity contribution in [1.82, 2.24) is 14.9 Å². The second-order valence-electron chi connectivity index (χ2n) is 6.14. The predicted octanol–water partition coefficient (Wildman–Crippen LogP) is 2.33. The van der Waals surface area contributed by atoms with Crippen LogP contribution in [0.15, 0.2) is 10.7 Å². The average Bonchev–Trinajstić information content (AvgIpc) is 3.04. The van der Waals surface area contributed by atoms with Gasteiger partial charge in [-0.25, -0.2) is 13.8 Å². The molecule has 9 heteroatoms. The van der Waals surface area contributed by atoms with E-state index in [9.17, 15) is 13.6 Å². The summed E-state index contributed by atoms with van der Waals surface area (Å²) < 4.78 is 32.3. The van der Waals surface area contributed by atoms with Gasteiger partial charge in [0.2, 0.25) is 17.7 Å². The zero-order valence-electron chi connectivity index (χ0n) is 13.3. The molecule has 2 aliphatic rings. The van der Waals surface area contributed by atoms with E-state index in [0.29, 0.717) is 35.8 Å². The third kappa shape index (κ3) is 3.60. The minimum atomic E-state index is -2.64. The molecule has 1 atom stereocenters. The number of aromatic nitrogens is 2. The summed E-state index contributed by atoms with van der Waals surface area (Å²) in [5, 5.41) is 0. The van der Waals surface area contributed by atoms with Gasteiger partial charge in [-0.2, -0.15) is 4.98 Å². The Hall–Kier alpha value is -1.51. The van der Waals surface area contributed by atoms with E-state index in [4.69, 9.17) is 4.74 Å². The molecule has 24 heavy (non-hydrogen) atoms. The van der Waals surface area contributed by atoms with E-state index < -0.39 is 5.92 Å². The summed E-state index contributed by atoms with van der Waals surface area (Å²) >= 11 is 3.30. The number of methoxy groups -OCH3 is 1. The van der Waals surface area contributed by atoms with Crippen molar-refractivity contribution in [2.24, 2.45) is 5.92 Å². The molecule has 0 bridgehead atoms. The summed E-state index contributed by atoms with van der Waals surface area (Å²) in [5.74, 6) is -1.93. The zero-order valence-corrected chi connectivity index (χ0v) is 14.9. The Bertz CT molecular complexity index is 621. The molecular weight excluding hydrogens is 386 g/mol. The van der Waals surface area contributed by atoms with Gasteiger partial charge in [-0.05, 0) is 22.4 Å². The molecule has 0 radical (unpaired) electrons. The number of rotatable bonds is 3. The van der Waals surface area contributed by atoms with Gasteiger partial charge in [0.15, 0.2) is 0 Å². The van der Waals surface area contributed by atoms with Crippen molar-refractivity contribution in [3.63, 3.8) is 0 Å². The average molecular weight is 405 g/mol. The number of carbonyl (C=O) groups excluding carboxylic acids is 1. The fourth-order valence-electron chi connectivity index (χ4n) is 3.09. The van der Waals surface area contributed by atoms with Crippen molar-refractivity contribution in [3.05, 3.63) is 10.7 Å².